The van der Waals surface area contributed by atoms with Crippen LogP contribution in [0, 0.1) is 17.8 Å². The Kier molecular flexibility index (Phi) is 5.03. The summed E-state index contributed by atoms with van der Waals surface area (Å²) >= 11 is 0. The summed E-state index contributed by atoms with van der Waals surface area (Å²) < 4.78 is 6.42. The van der Waals surface area contributed by atoms with Crippen molar-refractivity contribution in [2.75, 3.05) is 6.61 Å². The molecule has 0 aromatic rings. The smallest absolute Gasteiger partial charge is 0.132 e. The van der Waals surface area contributed by atoms with Crippen LogP contribution >= 0.6 is 0 Å². The highest BCUT2D eigenvalue weighted by Crippen LogP contribution is 2.57. The fraction of sp³-hybridized carbons (Fsp3) is 0.947. The Labute approximate surface area is 130 Å². The third kappa shape index (κ3) is 3.88. The molecular weight excluding hydrogens is 260 g/mol. The van der Waals surface area contributed by atoms with Crippen molar-refractivity contribution in [3.8, 4) is 0 Å². The van der Waals surface area contributed by atoms with Gasteiger partial charge < -0.3 is 4.74 Å². The Balaban J connectivity index is 1.30. The molecule has 0 aliphatic heterocycles. The molecule has 0 spiro atoms. The van der Waals surface area contributed by atoms with Crippen LogP contribution in [-0.2, 0) is 9.53 Å². The lowest BCUT2D eigenvalue weighted by atomic mass is 9.54. The fourth-order valence-electron chi connectivity index (χ4n) is 5.45. The molecule has 4 aliphatic carbocycles. The molecule has 4 rings (SSSR count). The van der Waals surface area contributed by atoms with Crippen molar-refractivity contribution in [2.45, 2.75) is 89.6 Å². The van der Waals surface area contributed by atoms with Crippen LogP contribution in [0.25, 0.3) is 0 Å². The molecule has 2 nitrogen and oxygen atoms in total. The second kappa shape index (κ2) is 6.81. The molecular formula is C19H32O2. The molecule has 4 saturated carbocycles. The number of ketones is 1. The van der Waals surface area contributed by atoms with Gasteiger partial charge in [0.05, 0.1) is 5.60 Å². The number of ether oxygens (including phenoxy) is 1. The lowest BCUT2D eigenvalue weighted by Crippen LogP contribution is -2.52. The highest BCUT2D eigenvalue weighted by molar-refractivity contribution is 5.77. The van der Waals surface area contributed by atoms with Crippen molar-refractivity contribution in [1.29, 1.82) is 0 Å². The van der Waals surface area contributed by atoms with Gasteiger partial charge in [0.2, 0.25) is 0 Å². The van der Waals surface area contributed by atoms with Gasteiger partial charge in [-0.2, -0.15) is 0 Å². The van der Waals surface area contributed by atoms with Gasteiger partial charge in [-0.15, -0.1) is 0 Å². The monoisotopic (exact) mass is 292 g/mol. The third-order valence-electron chi connectivity index (χ3n) is 6.13. The second-order valence-corrected chi connectivity index (χ2v) is 8.01. The third-order valence-corrected chi connectivity index (χ3v) is 6.13. The molecule has 0 amide bonds. The van der Waals surface area contributed by atoms with Crippen molar-refractivity contribution in [3.05, 3.63) is 0 Å². The maximum atomic E-state index is 11.2. The lowest BCUT2D eigenvalue weighted by molar-refractivity contribution is -0.162. The van der Waals surface area contributed by atoms with E-state index in [1.54, 1.807) is 0 Å². The number of hydrogen-bond donors (Lipinski definition) is 0. The molecule has 2 heteroatoms. The SMILES string of the molecule is CCC(=O)CCCCCCOC12CC3CC(CC(C3)C1)C2. The minimum atomic E-state index is 0.285. The van der Waals surface area contributed by atoms with Crippen molar-refractivity contribution in [1.82, 2.24) is 0 Å². The summed E-state index contributed by atoms with van der Waals surface area (Å²) in [4.78, 5) is 11.2. The largest absolute Gasteiger partial charge is 0.375 e. The second-order valence-electron chi connectivity index (χ2n) is 8.01. The number of Topliss-reactive ketones (excluding diaryl/α,β-unsaturated/α-hetero) is 1. The van der Waals surface area contributed by atoms with Gasteiger partial charge in [0.15, 0.2) is 0 Å². The van der Waals surface area contributed by atoms with Crippen LogP contribution in [0.3, 0.4) is 0 Å². The molecule has 4 aliphatic rings. The standard InChI is InChI=1S/C19H32O2/c1-2-18(20)7-5-3-4-6-8-21-19-12-15-9-16(13-19)11-17(10-15)14-19/h15-17H,2-14H2,1H3. The molecule has 21 heavy (non-hydrogen) atoms. The van der Waals surface area contributed by atoms with E-state index < -0.39 is 0 Å². The Morgan fingerprint density at radius 2 is 1.52 bits per heavy atom. The molecule has 0 unspecified atom stereocenters. The van der Waals surface area contributed by atoms with E-state index in [0.29, 0.717) is 12.2 Å². The van der Waals surface area contributed by atoms with Gasteiger partial charge in [-0.05, 0) is 69.1 Å². The van der Waals surface area contributed by atoms with Crippen LogP contribution in [0.1, 0.15) is 84.0 Å². The maximum absolute atomic E-state index is 11.2. The molecule has 4 fully saturated rings. The molecule has 0 saturated heterocycles. The number of carbonyl (C=O) groups excluding carboxylic acids is 1. The predicted octanol–water partition coefficient (Wildman–Crippen LogP) is 4.90. The number of hydrogen-bond acceptors (Lipinski definition) is 2. The van der Waals surface area contributed by atoms with Gasteiger partial charge in [-0.25, -0.2) is 0 Å². The van der Waals surface area contributed by atoms with Crippen molar-refractivity contribution in [2.24, 2.45) is 17.8 Å². The lowest BCUT2D eigenvalue weighted by Gasteiger charge is -2.56. The molecule has 0 atom stereocenters. The first-order chi connectivity index (χ1) is 10.2. The molecule has 4 bridgehead atoms. The van der Waals surface area contributed by atoms with Crippen LogP contribution in [0.4, 0.5) is 0 Å². The van der Waals surface area contributed by atoms with E-state index in [1.165, 1.54) is 57.8 Å². The molecule has 0 radical (unpaired) electrons. The average Bonchev–Trinajstić information content (AvgIpc) is 2.44. The average molecular weight is 292 g/mol. The van der Waals surface area contributed by atoms with Crippen LogP contribution in [0.2, 0.25) is 0 Å². The van der Waals surface area contributed by atoms with E-state index in [0.717, 1.165) is 37.2 Å². The summed E-state index contributed by atoms with van der Waals surface area (Å²) in [5.74, 6) is 3.36. The highest BCUT2D eigenvalue weighted by Gasteiger charge is 2.51. The van der Waals surface area contributed by atoms with E-state index in [-0.39, 0.29) is 5.60 Å². The summed E-state index contributed by atoms with van der Waals surface area (Å²) in [5, 5.41) is 0. The van der Waals surface area contributed by atoms with E-state index in [2.05, 4.69) is 0 Å². The predicted molar refractivity (Wildman–Crippen MR) is 85.2 cm³/mol. The maximum Gasteiger partial charge on any atom is 0.132 e. The number of rotatable bonds is 9. The van der Waals surface area contributed by atoms with E-state index in [1.807, 2.05) is 6.92 Å². The topological polar surface area (TPSA) is 26.3 Å². The first-order valence-electron chi connectivity index (χ1n) is 9.35. The van der Waals surface area contributed by atoms with Crippen molar-refractivity contribution in [3.63, 3.8) is 0 Å². The van der Waals surface area contributed by atoms with Gasteiger partial charge in [-0.1, -0.05) is 19.8 Å². The summed E-state index contributed by atoms with van der Waals surface area (Å²) in [6, 6.07) is 0. The van der Waals surface area contributed by atoms with Crippen molar-refractivity contribution >= 4 is 5.78 Å². The zero-order valence-electron chi connectivity index (χ0n) is 13.7. The van der Waals surface area contributed by atoms with E-state index in [4.69, 9.17) is 4.74 Å². The Morgan fingerprint density at radius 3 is 2.10 bits per heavy atom. The molecule has 0 aromatic heterocycles. The van der Waals surface area contributed by atoms with Crippen LogP contribution in [-0.4, -0.2) is 18.0 Å². The first-order valence-corrected chi connectivity index (χ1v) is 9.35. The van der Waals surface area contributed by atoms with Gasteiger partial charge in [0.1, 0.15) is 5.78 Å². The summed E-state index contributed by atoms with van der Waals surface area (Å²) in [5.41, 5.74) is 0.285. The quantitative estimate of drug-likeness (QED) is 0.565. The first kappa shape index (κ1) is 15.5. The summed E-state index contributed by atoms with van der Waals surface area (Å²) in [6.07, 6.45) is 14.7. The number of unbranched alkanes of at least 4 members (excludes halogenated alkanes) is 3. The van der Waals surface area contributed by atoms with Crippen LogP contribution in [0.5, 0.6) is 0 Å². The van der Waals surface area contributed by atoms with Gasteiger partial charge >= 0.3 is 0 Å². The fourth-order valence-corrected chi connectivity index (χ4v) is 5.45. The van der Waals surface area contributed by atoms with Crippen LogP contribution in [0.15, 0.2) is 0 Å². The Morgan fingerprint density at radius 1 is 0.952 bits per heavy atom. The van der Waals surface area contributed by atoms with Gasteiger partial charge in [0.25, 0.3) is 0 Å². The minimum absolute atomic E-state index is 0.285. The summed E-state index contributed by atoms with van der Waals surface area (Å²) in [7, 11) is 0. The van der Waals surface area contributed by atoms with E-state index in [9.17, 15) is 4.79 Å². The Bertz CT molecular complexity index is 325. The van der Waals surface area contributed by atoms with Gasteiger partial charge in [-0.3, -0.25) is 4.79 Å². The van der Waals surface area contributed by atoms with Crippen molar-refractivity contribution < 1.29 is 9.53 Å². The summed E-state index contributed by atoms with van der Waals surface area (Å²) in [6.45, 7) is 2.91. The molecule has 0 N–H and O–H groups in total. The van der Waals surface area contributed by atoms with E-state index >= 15 is 0 Å². The van der Waals surface area contributed by atoms with Gasteiger partial charge in [0, 0.05) is 19.4 Å². The molecule has 0 heterocycles. The minimum Gasteiger partial charge on any atom is -0.375 e. The molecule has 120 valence electrons. The normalized spacial score (nSPS) is 37.1. The van der Waals surface area contributed by atoms with Crippen LogP contribution < -0.4 is 0 Å². The number of carbonyl (C=O) groups is 1. The zero-order chi connectivity index (χ0) is 14.7. The molecule has 0 aromatic carbocycles. The Hall–Kier alpha value is -0.370. The highest BCUT2D eigenvalue weighted by atomic mass is 16.5. The zero-order valence-corrected chi connectivity index (χ0v) is 13.7.